The Morgan fingerprint density at radius 3 is 2.48 bits per heavy atom. The second kappa shape index (κ2) is 6.90. The number of carbonyl (C=O) groups is 1. The predicted octanol–water partition coefficient (Wildman–Crippen LogP) is 2.30. The van der Waals surface area contributed by atoms with Gasteiger partial charge in [0.2, 0.25) is 0 Å². The van der Waals surface area contributed by atoms with E-state index in [1.165, 1.54) is 11.6 Å². The van der Waals surface area contributed by atoms with E-state index in [9.17, 15) is 4.79 Å². The molecular formula is C18H26NO2+. The van der Waals surface area contributed by atoms with Crippen LogP contribution in [-0.2, 0) is 9.53 Å². The third-order valence-electron chi connectivity index (χ3n) is 4.27. The molecule has 3 nitrogen and oxygen atoms in total. The molecule has 114 valence electrons. The van der Waals surface area contributed by atoms with Gasteiger partial charge in [-0.25, -0.2) is 4.79 Å². The van der Waals surface area contributed by atoms with Gasteiger partial charge < -0.3 is 10.1 Å². The van der Waals surface area contributed by atoms with Crippen LogP contribution in [0.2, 0.25) is 0 Å². The monoisotopic (exact) mass is 288 g/mol. The summed E-state index contributed by atoms with van der Waals surface area (Å²) in [6, 6.07) is 8.07. The van der Waals surface area contributed by atoms with E-state index in [2.05, 4.69) is 5.32 Å². The van der Waals surface area contributed by atoms with Crippen LogP contribution >= 0.6 is 0 Å². The van der Waals surface area contributed by atoms with Crippen LogP contribution in [0.4, 0.5) is 0 Å². The van der Waals surface area contributed by atoms with Crippen molar-refractivity contribution in [3.05, 3.63) is 41.5 Å². The number of benzene rings is 1. The molecule has 1 heterocycles. The Bertz CT molecular complexity index is 496. The Kier molecular flexibility index (Phi) is 5.18. The number of carbonyl (C=O) groups excluding carboxylic acids is 1. The zero-order valence-electron chi connectivity index (χ0n) is 13.3. The normalized spacial score (nSPS) is 17.1. The molecule has 0 saturated carbocycles. The van der Waals surface area contributed by atoms with Crippen molar-refractivity contribution in [1.82, 2.24) is 0 Å². The summed E-state index contributed by atoms with van der Waals surface area (Å²) in [5, 5.41) is 2.33. The molecular weight excluding hydrogens is 262 g/mol. The number of hydrogen-bond acceptors (Lipinski definition) is 2. The van der Waals surface area contributed by atoms with Crippen molar-refractivity contribution >= 4 is 12.0 Å². The quantitative estimate of drug-likeness (QED) is 0.682. The summed E-state index contributed by atoms with van der Waals surface area (Å²) in [5.74, 6) is 0.203. The summed E-state index contributed by atoms with van der Waals surface area (Å²) >= 11 is 0. The number of nitrogens with two attached hydrogens (primary N) is 1. The van der Waals surface area contributed by atoms with Crippen molar-refractivity contribution in [2.24, 2.45) is 5.92 Å². The second-order valence-electron chi connectivity index (χ2n) is 6.41. The maximum atomic E-state index is 12.0. The van der Waals surface area contributed by atoms with Crippen LogP contribution in [0.1, 0.15) is 37.8 Å². The van der Waals surface area contributed by atoms with Gasteiger partial charge in [0.05, 0.1) is 13.1 Å². The van der Waals surface area contributed by atoms with Gasteiger partial charge in [-0.05, 0) is 32.4 Å². The fourth-order valence-corrected chi connectivity index (χ4v) is 2.84. The summed E-state index contributed by atoms with van der Waals surface area (Å²) in [4.78, 5) is 12.0. The highest BCUT2D eigenvalue weighted by Gasteiger charge is 2.34. The fourth-order valence-electron chi connectivity index (χ4n) is 2.84. The average molecular weight is 288 g/mol. The molecule has 0 atom stereocenters. The molecule has 1 saturated heterocycles. The SMILES string of the molecule is Cc1ccc(/C=C/C(=O)OC(C)(C)C2CC[NH2+]CC2)cc1. The van der Waals surface area contributed by atoms with Gasteiger partial charge in [0.15, 0.2) is 0 Å². The van der Waals surface area contributed by atoms with E-state index < -0.39 is 0 Å². The zero-order chi connectivity index (χ0) is 15.3. The predicted molar refractivity (Wildman–Crippen MR) is 84.8 cm³/mol. The number of esters is 1. The first-order valence-electron chi connectivity index (χ1n) is 7.77. The molecule has 1 fully saturated rings. The zero-order valence-corrected chi connectivity index (χ0v) is 13.3. The second-order valence-corrected chi connectivity index (χ2v) is 6.41. The molecule has 0 spiro atoms. The van der Waals surface area contributed by atoms with Crippen LogP contribution in [0, 0.1) is 12.8 Å². The largest absolute Gasteiger partial charge is 0.456 e. The maximum absolute atomic E-state index is 12.0. The topological polar surface area (TPSA) is 42.9 Å². The van der Waals surface area contributed by atoms with Crippen molar-refractivity contribution in [2.75, 3.05) is 13.1 Å². The first-order valence-corrected chi connectivity index (χ1v) is 7.77. The highest BCUT2D eigenvalue weighted by atomic mass is 16.6. The molecule has 0 amide bonds. The summed E-state index contributed by atoms with van der Waals surface area (Å²) in [5.41, 5.74) is 1.84. The Morgan fingerprint density at radius 1 is 1.24 bits per heavy atom. The Labute approximate surface area is 127 Å². The molecule has 1 aromatic carbocycles. The maximum Gasteiger partial charge on any atom is 0.331 e. The highest BCUT2D eigenvalue weighted by Crippen LogP contribution is 2.28. The van der Waals surface area contributed by atoms with E-state index in [0.717, 1.165) is 31.5 Å². The molecule has 0 unspecified atom stereocenters. The Balaban J connectivity index is 1.92. The molecule has 0 bridgehead atoms. The smallest absolute Gasteiger partial charge is 0.331 e. The molecule has 0 aromatic heterocycles. The minimum atomic E-state index is -0.386. The molecule has 0 aliphatic carbocycles. The molecule has 2 N–H and O–H groups in total. The van der Waals surface area contributed by atoms with Gasteiger partial charge in [0.1, 0.15) is 5.60 Å². The number of piperidine rings is 1. The number of ether oxygens (including phenoxy) is 1. The first-order chi connectivity index (χ1) is 9.97. The summed E-state index contributed by atoms with van der Waals surface area (Å²) < 4.78 is 5.68. The third kappa shape index (κ3) is 4.71. The van der Waals surface area contributed by atoms with E-state index in [0.29, 0.717) is 5.92 Å². The van der Waals surface area contributed by atoms with E-state index >= 15 is 0 Å². The van der Waals surface area contributed by atoms with E-state index in [1.54, 1.807) is 0 Å². The Hall–Kier alpha value is -1.61. The van der Waals surface area contributed by atoms with Gasteiger partial charge in [0.25, 0.3) is 0 Å². The standard InChI is InChI=1S/C18H25NO2/c1-14-4-6-15(7-5-14)8-9-17(20)21-18(2,3)16-10-12-19-13-11-16/h4-9,16,19H,10-13H2,1-3H3/p+1/b9-8+. The van der Waals surface area contributed by atoms with Crippen molar-refractivity contribution in [3.8, 4) is 0 Å². The van der Waals surface area contributed by atoms with Gasteiger partial charge in [-0.3, -0.25) is 0 Å². The van der Waals surface area contributed by atoms with Crippen LogP contribution in [-0.4, -0.2) is 24.7 Å². The summed E-state index contributed by atoms with van der Waals surface area (Å²) in [6.45, 7) is 8.36. The molecule has 1 aliphatic rings. The molecule has 21 heavy (non-hydrogen) atoms. The van der Waals surface area contributed by atoms with E-state index in [-0.39, 0.29) is 11.6 Å². The number of rotatable bonds is 4. The van der Waals surface area contributed by atoms with Crippen LogP contribution in [0.25, 0.3) is 6.08 Å². The number of quaternary nitrogens is 1. The van der Waals surface area contributed by atoms with Crippen molar-refractivity contribution in [3.63, 3.8) is 0 Å². The van der Waals surface area contributed by atoms with Gasteiger partial charge in [-0.1, -0.05) is 29.8 Å². The molecule has 0 radical (unpaired) electrons. The first kappa shape index (κ1) is 15.8. The summed E-state index contributed by atoms with van der Waals surface area (Å²) in [7, 11) is 0. The lowest BCUT2D eigenvalue weighted by atomic mass is 9.83. The molecule has 2 rings (SSSR count). The van der Waals surface area contributed by atoms with E-state index in [1.807, 2.05) is 51.1 Å². The minimum absolute atomic E-state index is 0.255. The van der Waals surface area contributed by atoms with Crippen LogP contribution in [0.15, 0.2) is 30.3 Å². The van der Waals surface area contributed by atoms with Gasteiger partial charge in [-0.2, -0.15) is 0 Å². The van der Waals surface area contributed by atoms with Crippen LogP contribution < -0.4 is 5.32 Å². The molecule has 1 aromatic rings. The lowest BCUT2D eigenvalue weighted by molar-refractivity contribution is -0.665. The van der Waals surface area contributed by atoms with Crippen LogP contribution in [0.3, 0.4) is 0 Å². The third-order valence-corrected chi connectivity index (χ3v) is 4.27. The minimum Gasteiger partial charge on any atom is -0.456 e. The summed E-state index contributed by atoms with van der Waals surface area (Å²) in [6.07, 6.45) is 5.57. The number of aryl methyl sites for hydroxylation is 1. The van der Waals surface area contributed by atoms with Crippen molar-refractivity contribution in [2.45, 2.75) is 39.2 Å². The lowest BCUT2D eigenvalue weighted by Gasteiger charge is -2.35. The lowest BCUT2D eigenvalue weighted by Crippen LogP contribution is -2.86. The fraction of sp³-hybridized carbons (Fsp3) is 0.500. The highest BCUT2D eigenvalue weighted by molar-refractivity contribution is 5.87. The van der Waals surface area contributed by atoms with E-state index in [4.69, 9.17) is 4.74 Å². The van der Waals surface area contributed by atoms with Gasteiger partial charge in [0, 0.05) is 24.8 Å². The molecule has 3 heteroatoms. The number of hydrogen-bond donors (Lipinski definition) is 1. The van der Waals surface area contributed by atoms with Crippen molar-refractivity contribution in [1.29, 1.82) is 0 Å². The van der Waals surface area contributed by atoms with Crippen molar-refractivity contribution < 1.29 is 14.8 Å². The van der Waals surface area contributed by atoms with Gasteiger partial charge >= 0.3 is 5.97 Å². The molecule has 1 aliphatic heterocycles. The van der Waals surface area contributed by atoms with Crippen LogP contribution in [0.5, 0.6) is 0 Å². The van der Waals surface area contributed by atoms with Gasteiger partial charge in [-0.15, -0.1) is 0 Å². The Morgan fingerprint density at radius 2 is 1.86 bits per heavy atom. The average Bonchev–Trinajstić information content (AvgIpc) is 2.47.